The van der Waals surface area contributed by atoms with Crippen LogP contribution in [0, 0.1) is 0 Å². The summed E-state index contributed by atoms with van der Waals surface area (Å²) in [4.78, 5) is 16.1. The highest BCUT2D eigenvalue weighted by Gasteiger charge is 2.06. The number of carbonyl (C=O) groups is 1. The first-order valence-corrected chi connectivity index (χ1v) is 8.37. The summed E-state index contributed by atoms with van der Waals surface area (Å²) >= 11 is 0. The van der Waals surface area contributed by atoms with Crippen molar-refractivity contribution in [2.75, 3.05) is 11.9 Å². The molecule has 1 heterocycles. The summed E-state index contributed by atoms with van der Waals surface area (Å²) in [5.74, 6) is 0.774. The molecule has 0 unspecified atom stereocenters. The highest BCUT2D eigenvalue weighted by molar-refractivity contribution is 5.89. The lowest BCUT2D eigenvalue weighted by atomic mass is 10.2. The van der Waals surface area contributed by atoms with Crippen molar-refractivity contribution >= 4 is 11.7 Å². The average Bonchev–Trinajstić information content (AvgIpc) is 2.57. The number of benzene rings is 1. The first-order valence-electron chi connectivity index (χ1n) is 8.37. The van der Waals surface area contributed by atoms with Gasteiger partial charge in [-0.3, -0.25) is 4.98 Å². The Balaban J connectivity index is 1.75. The molecule has 1 aromatic heterocycles. The molecular formula is C19H25N3O2. The summed E-state index contributed by atoms with van der Waals surface area (Å²) in [6, 6.07) is 13.2. The first kappa shape index (κ1) is 17.8. The minimum absolute atomic E-state index is 0.171. The zero-order valence-electron chi connectivity index (χ0n) is 14.3. The summed E-state index contributed by atoms with van der Waals surface area (Å²) in [6.45, 7) is 4.67. The van der Waals surface area contributed by atoms with Gasteiger partial charge in [0.1, 0.15) is 5.75 Å². The molecule has 2 N–H and O–H groups in total. The Hall–Kier alpha value is -2.56. The zero-order valence-corrected chi connectivity index (χ0v) is 14.3. The smallest absolute Gasteiger partial charge is 0.319 e. The van der Waals surface area contributed by atoms with Gasteiger partial charge in [-0.2, -0.15) is 0 Å². The fraction of sp³-hybridized carbons (Fsp3) is 0.368. The quantitative estimate of drug-likeness (QED) is 0.770. The minimum Gasteiger partial charge on any atom is -0.493 e. The van der Waals surface area contributed by atoms with Gasteiger partial charge >= 0.3 is 6.03 Å². The van der Waals surface area contributed by atoms with Crippen molar-refractivity contribution in [1.82, 2.24) is 10.3 Å². The van der Waals surface area contributed by atoms with Crippen molar-refractivity contribution in [3.05, 3.63) is 54.4 Å². The van der Waals surface area contributed by atoms with Crippen LogP contribution in [0.15, 0.2) is 48.7 Å². The standard InChI is InChI=1S/C19H25N3O2/c1-3-6-15(2)21-19(23)22-17-8-10-18(11-9-17)24-14-12-16-7-4-5-13-20-16/h4-5,7-11,13,15H,3,6,12,14H2,1-2H3,(H2,21,22,23)/t15-/m0/s1. The Bertz CT molecular complexity index is 614. The normalized spacial score (nSPS) is 11.6. The van der Waals surface area contributed by atoms with Crippen molar-refractivity contribution in [3.8, 4) is 5.75 Å². The maximum Gasteiger partial charge on any atom is 0.319 e. The predicted molar refractivity (Wildman–Crippen MR) is 96.4 cm³/mol. The van der Waals surface area contributed by atoms with Crippen molar-refractivity contribution in [3.63, 3.8) is 0 Å². The van der Waals surface area contributed by atoms with Gasteiger partial charge in [0.25, 0.3) is 0 Å². The second-order valence-electron chi connectivity index (χ2n) is 5.73. The number of nitrogens with zero attached hydrogens (tertiary/aromatic N) is 1. The Morgan fingerprint density at radius 2 is 2.00 bits per heavy atom. The van der Waals surface area contributed by atoms with Gasteiger partial charge in [-0.25, -0.2) is 4.79 Å². The molecule has 0 fully saturated rings. The van der Waals surface area contributed by atoms with Crippen molar-refractivity contribution in [2.24, 2.45) is 0 Å². The van der Waals surface area contributed by atoms with Gasteiger partial charge < -0.3 is 15.4 Å². The van der Waals surface area contributed by atoms with Crippen molar-refractivity contribution < 1.29 is 9.53 Å². The van der Waals surface area contributed by atoms with Crippen LogP contribution in [-0.4, -0.2) is 23.7 Å². The summed E-state index contributed by atoms with van der Waals surface area (Å²) in [7, 11) is 0. The van der Waals surface area contributed by atoms with Crippen LogP contribution in [0.1, 0.15) is 32.4 Å². The number of hydrogen-bond acceptors (Lipinski definition) is 3. The monoisotopic (exact) mass is 327 g/mol. The summed E-state index contributed by atoms with van der Waals surface area (Å²) in [5.41, 5.74) is 1.75. The van der Waals surface area contributed by atoms with Gasteiger partial charge in [0.15, 0.2) is 0 Å². The fourth-order valence-corrected chi connectivity index (χ4v) is 2.35. The Kier molecular flexibility index (Phi) is 7.08. The molecule has 2 rings (SSSR count). The lowest BCUT2D eigenvalue weighted by Gasteiger charge is -2.14. The molecule has 128 valence electrons. The number of ether oxygens (including phenoxy) is 1. The zero-order chi connectivity index (χ0) is 17.2. The van der Waals surface area contributed by atoms with Gasteiger partial charge in [-0.15, -0.1) is 0 Å². The summed E-state index contributed by atoms with van der Waals surface area (Å²) in [5, 5.41) is 5.73. The third-order valence-corrected chi connectivity index (χ3v) is 3.56. The number of hydrogen-bond donors (Lipinski definition) is 2. The minimum atomic E-state index is -0.181. The van der Waals surface area contributed by atoms with Crippen LogP contribution < -0.4 is 15.4 Å². The molecule has 5 heteroatoms. The van der Waals surface area contributed by atoms with E-state index in [1.165, 1.54) is 0 Å². The molecule has 0 aliphatic rings. The Labute approximate surface area is 143 Å². The highest BCUT2D eigenvalue weighted by atomic mass is 16.5. The molecule has 0 aliphatic carbocycles. The highest BCUT2D eigenvalue weighted by Crippen LogP contribution is 2.16. The number of anilines is 1. The topological polar surface area (TPSA) is 63.2 Å². The van der Waals surface area contributed by atoms with Crippen LogP contribution >= 0.6 is 0 Å². The van der Waals surface area contributed by atoms with Crippen molar-refractivity contribution in [1.29, 1.82) is 0 Å². The molecule has 0 bridgehead atoms. The number of carbonyl (C=O) groups excluding carboxylic acids is 1. The van der Waals surface area contributed by atoms with E-state index in [4.69, 9.17) is 4.74 Å². The van der Waals surface area contributed by atoms with Gasteiger partial charge in [-0.1, -0.05) is 19.4 Å². The SMILES string of the molecule is CCC[C@H](C)NC(=O)Nc1ccc(OCCc2ccccn2)cc1. The lowest BCUT2D eigenvalue weighted by molar-refractivity contribution is 0.248. The van der Waals surface area contributed by atoms with E-state index in [2.05, 4.69) is 22.5 Å². The second kappa shape index (κ2) is 9.55. The van der Waals surface area contributed by atoms with Crippen LogP contribution in [0.3, 0.4) is 0 Å². The number of amides is 2. The Morgan fingerprint density at radius 3 is 2.67 bits per heavy atom. The average molecular weight is 327 g/mol. The van der Waals surface area contributed by atoms with E-state index < -0.39 is 0 Å². The molecule has 1 aromatic carbocycles. The van der Waals surface area contributed by atoms with Crippen molar-refractivity contribution in [2.45, 2.75) is 39.2 Å². The number of nitrogens with one attached hydrogen (secondary N) is 2. The largest absolute Gasteiger partial charge is 0.493 e. The number of urea groups is 1. The molecule has 0 saturated carbocycles. The molecule has 0 spiro atoms. The van der Waals surface area contributed by atoms with E-state index in [9.17, 15) is 4.79 Å². The molecule has 1 atom stereocenters. The fourth-order valence-electron chi connectivity index (χ4n) is 2.35. The summed E-state index contributed by atoms with van der Waals surface area (Å²) < 4.78 is 5.70. The molecule has 0 radical (unpaired) electrons. The molecule has 24 heavy (non-hydrogen) atoms. The maximum atomic E-state index is 11.9. The van der Waals surface area contributed by atoms with E-state index in [0.29, 0.717) is 6.61 Å². The van der Waals surface area contributed by atoms with Crippen LogP contribution in [-0.2, 0) is 6.42 Å². The first-order chi connectivity index (χ1) is 11.7. The number of aromatic nitrogens is 1. The van der Waals surface area contributed by atoms with E-state index in [-0.39, 0.29) is 12.1 Å². The number of rotatable bonds is 8. The van der Waals surface area contributed by atoms with Gasteiger partial charge in [-0.05, 0) is 49.7 Å². The molecule has 5 nitrogen and oxygen atoms in total. The second-order valence-corrected chi connectivity index (χ2v) is 5.73. The third-order valence-electron chi connectivity index (χ3n) is 3.56. The van der Waals surface area contributed by atoms with Crippen LogP contribution in [0.25, 0.3) is 0 Å². The van der Waals surface area contributed by atoms with E-state index in [0.717, 1.165) is 36.4 Å². The molecular weight excluding hydrogens is 302 g/mol. The van der Waals surface area contributed by atoms with E-state index in [1.807, 2.05) is 49.4 Å². The van der Waals surface area contributed by atoms with E-state index in [1.54, 1.807) is 6.20 Å². The molecule has 2 aromatic rings. The molecule has 0 aliphatic heterocycles. The van der Waals surface area contributed by atoms with E-state index >= 15 is 0 Å². The summed E-state index contributed by atoms with van der Waals surface area (Å²) in [6.07, 6.45) is 4.56. The Morgan fingerprint density at radius 1 is 1.21 bits per heavy atom. The van der Waals surface area contributed by atoms with Gasteiger partial charge in [0.05, 0.1) is 6.61 Å². The predicted octanol–water partition coefficient (Wildman–Crippen LogP) is 4.01. The van der Waals surface area contributed by atoms with Crippen LogP contribution in [0.4, 0.5) is 10.5 Å². The van der Waals surface area contributed by atoms with Crippen LogP contribution in [0.5, 0.6) is 5.75 Å². The molecule has 2 amide bonds. The maximum absolute atomic E-state index is 11.9. The number of pyridine rings is 1. The van der Waals surface area contributed by atoms with Gasteiger partial charge in [0, 0.05) is 30.0 Å². The lowest BCUT2D eigenvalue weighted by Crippen LogP contribution is -2.35. The van der Waals surface area contributed by atoms with Crippen LogP contribution in [0.2, 0.25) is 0 Å². The van der Waals surface area contributed by atoms with Gasteiger partial charge in [0.2, 0.25) is 0 Å². The molecule has 0 saturated heterocycles. The third kappa shape index (κ3) is 6.28.